The van der Waals surface area contributed by atoms with Gasteiger partial charge in [-0.25, -0.2) is 0 Å². The SMILES string of the molecule is C=Cc1c2[n-]c(c1C)/C=C1\[N-]/C(=C3\c4[n-]c(c(C)c4C(=O)[C@@H]3C(=O)O)/C=c3\[n-]/c(c(C)c3CC)=C\2)[C@@H](CCC(=O)OC/C=C(\C)CCCC(C)C)[C@@H]1C.[Mg+2]. The zero-order chi connectivity index (χ0) is 38.3. The summed E-state index contributed by atoms with van der Waals surface area (Å²) in [4.78, 5) is 55.0. The number of hydrogen-bond acceptors (Lipinski definition) is 4. The van der Waals surface area contributed by atoms with Crippen LogP contribution in [0.2, 0.25) is 0 Å². The number of esters is 1. The Morgan fingerprint density at radius 1 is 0.981 bits per heavy atom. The molecule has 0 aromatic carbocycles. The Bertz CT molecular complexity index is 2220. The van der Waals surface area contributed by atoms with E-state index in [2.05, 4.69) is 34.3 Å². The number of hydrogen-bond donors (Lipinski definition) is 1. The Balaban J connectivity index is 0.00000561. The minimum absolute atomic E-state index is 0. The molecule has 0 unspecified atom stereocenters. The number of carbonyl (C=O) groups is 3. The van der Waals surface area contributed by atoms with E-state index in [0.717, 1.165) is 70.0 Å². The summed E-state index contributed by atoms with van der Waals surface area (Å²) in [5.74, 6) is -3.48. The number of aromatic nitrogens is 3. The molecule has 3 atom stereocenters. The van der Waals surface area contributed by atoms with Gasteiger partial charge >= 0.3 is 35.0 Å². The number of Topliss-reactive ketones (excluding diaryl/α,β-unsaturated/α-hetero) is 1. The zero-order valence-corrected chi connectivity index (χ0v) is 34.3. The van der Waals surface area contributed by atoms with E-state index in [1.807, 2.05) is 52.0 Å². The summed E-state index contributed by atoms with van der Waals surface area (Å²) in [6.07, 6.45) is 14.0. The molecule has 3 aromatic heterocycles. The van der Waals surface area contributed by atoms with Crippen molar-refractivity contribution in [3.8, 4) is 0 Å². The monoisotopic (exact) mass is 738 g/mol. The molecular weight excluding hydrogens is 689 g/mol. The number of nitrogens with zero attached hydrogens (tertiary/aromatic N) is 4. The van der Waals surface area contributed by atoms with Crippen LogP contribution < -0.4 is 25.7 Å². The van der Waals surface area contributed by atoms with Gasteiger partial charge in [0, 0.05) is 12.0 Å². The van der Waals surface area contributed by atoms with Crippen molar-refractivity contribution >= 4 is 70.7 Å². The number of carboxylic acids is 1. The van der Waals surface area contributed by atoms with Crippen molar-refractivity contribution in [3.05, 3.63) is 102 Å². The van der Waals surface area contributed by atoms with Gasteiger partial charge in [0.15, 0.2) is 5.78 Å². The second-order valence-corrected chi connectivity index (χ2v) is 15.2. The molecule has 0 amide bonds. The molecule has 0 spiro atoms. The number of ether oxygens (including phenoxy) is 1. The van der Waals surface area contributed by atoms with Gasteiger partial charge in [0.25, 0.3) is 0 Å². The van der Waals surface area contributed by atoms with Crippen LogP contribution in [0.25, 0.3) is 35.2 Å². The zero-order valence-electron chi connectivity index (χ0n) is 32.9. The first-order chi connectivity index (χ1) is 25.2. The van der Waals surface area contributed by atoms with Gasteiger partial charge in [0.05, 0.1) is 0 Å². The Morgan fingerprint density at radius 3 is 2.35 bits per heavy atom. The molecular formula is C44H50MgN4O5-2. The van der Waals surface area contributed by atoms with E-state index < -0.39 is 17.7 Å². The predicted octanol–water partition coefficient (Wildman–Crippen LogP) is 6.66. The van der Waals surface area contributed by atoms with E-state index in [-0.39, 0.29) is 53.9 Å². The Kier molecular flexibility index (Phi) is 12.6. The van der Waals surface area contributed by atoms with Crippen LogP contribution in [0, 0.1) is 44.4 Å². The van der Waals surface area contributed by atoms with Crippen LogP contribution in [-0.2, 0) is 20.7 Å². The molecule has 54 heavy (non-hydrogen) atoms. The number of ketones is 1. The molecule has 1 N–H and O–H groups in total. The normalized spacial score (nSPS) is 22.5. The van der Waals surface area contributed by atoms with Crippen molar-refractivity contribution in [3.63, 3.8) is 0 Å². The van der Waals surface area contributed by atoms with E-state index in [9.17, 15) is 19.5 Å². The first-order valence-corrected chi connectivity index (χ1v) is 18.8. The minimum Gasteiger partial charge on any atom is -0.664 e. The molecule has 1 aliphatic carbocycles. The Labute approximate surface area is 334 Å². The second-order valence-electron chi connectivity index (χ2n) is 15.2. The van der Waals surface area contributed by atoms with Gasteiger partial charge in [-0.1, -0.05) is 98.4 Å². The van der Waals surface area contributed by atoms with E-state index in [1.54, 1.807) is 6.08 Å². The Morgan fingerprint density at radius 2 is 1.69 bits per heavy atom. The van der Waals surface area contributed by atoms with Gasteiger partial charge in [0.1, 0.15) is 12.5 Å². The fourth-order valence-corrected chi connectivity index (χ4v) is 8.06. The molecule has 8 bridgehead atoms. The molecule has 0 radical (unpaired) electrons. The summed E-state index contributed by atoms with van der Waals surface area (Å²) < 4.78 is 5.63. The fraction of sp³-hybridized carbons (Fsp3) is 0.432. The maximum absolute atomic E-state index is 14.0. The number of fused-ring (bicyclic) bond motifs is 7. The van der Waals surface area contributed by atoms with Crippen molar-refractivity contribution in [2.75, 3.05) is 6.61 Å². The van der Waals surface area contributed by atoms with Crippen molar-refractivity contribution < 1.29 is 24.2 Å². The molecule has 1 fully saturated rings. The fourth-order valence-electron chi connectivity index (χ4n) is 8.06. The maximum atomic E-state index is 14.0. The smallest absolute Gasteiger partial charge is 0.664 e. The number of allylic oxidation sites excluding steroid dienone is 3. The third kappa shape index (κ3) is 7.64. The van der Waals surface area contributed by atoms with Crippen LogP contribution in [0.4, 0.5) is 0 Å². The Hall–Kier alpha value is -4.28. The van der Waals surface area contributed by atoms with Crippen LogP contribution in [0.3, 0.4) is 0 Å². The van der Waals surface area contributed by atoms with Gasteiger partial charge in [-0.2, -0.15) is 11.4 Å². The van der Waals surface area contributed by atoms with E-state index in [4.69, 9.17) is 25.0 Å². The molecule has 280 valence electrons. The van der Waals surface area contributed by atoms with E-state index in [1.165, 1.54) is 5.57 Å². The van der Waals surface area contributed by atoms with Crippen LogP contribution in [0.5, 0.6) is 0 Å². The predicted molar refractivity (Wildman–Crippen MR) is 214 cm³/mol. The molecule has 6 rings (SSSR count). The van der Waals surface area contributed by atoms with Crippen molar-refractivity contribution in [2.24, 2.45) is 23.7 Å². The van der Waals surface area contributed by atoms with Crippen LogP contribution >= 0.6 is 0 Å². The largest absolute Gasteiger partial charge is 2.00 e. The summed E-state index contributed by atoms with van der Waals surface area (Å²) in [5.41, 5.74) is 9.93. The summed E-state index contributed by atoms with van der Waals surface area (Å²) in [6, 6.07) is 0. The number of carbonyl (C=O) groups excluding carboxylic acids is 2. The average Bonchev–Trinajstić information content (AvgIpc) is 3.84. The summed E-state index contributed by atoms with van der Waals surface area (Å²) in [6.45, 7) is 20.7. The van der Waals surface area contributed by atoms with Crippen molar-refractivity contribution in [1.29, 1.82) is 0 Å². The topological polar surface area (TPSA) is 137 Å². The summed E-state index contributed by atoms with van der Waals surface area (Å²) in [7, 11) is 0. The third-order valence-electron chi connectivity index (χ3n) is 11.2. The van der Waals surface area contributed by atoms with Crippen molar-refractivity contribution in [1.82, 2.24) is 15.0 Å². The number of aliphatic carboxylic acids is 1. The van der Waals surface area contributed by atoms with Crippen molar-refractivity contribution in [2.45, 2.75) is 93.9 Å². The van der Waals surface area contributed by atoms with Crippen LogP contribution in [-0.4, -0.2) is 52.5 Å². The van der Waals surface area contributed by atoms with Gasteiger partial charge < -0.3 is 30.1 Å². The van der Waals surface area contributed by atoms with Gasteiger partial charge in [-0.15, -0.1) is 33.5 Å². The van der Waals surface area contributed by atoms with Gasteiger partial charge in [-0.05, 0) is 82.8 Å². The summed E-state index contributed by atoms with van der Waals surface area (Å²) in [5, 5.41) is 17.2. The van der Waals surface area contributed by atoms with Gasteiger partial charge in [-0.3, -0.25) is 14.4 Å². The minimum atomic E-state index is -1.45. The molecule has 3 aliphatic rings. The molecule has 1 saturated heterocycles. The second kappa shape index (κ2) is 16.6. The third-order valence-corrected chi connectivity index (χ3v) is 11.2. The van der Waals surface area contributed by atoms with Crippen LogP contribution in [0.15, 0.2) is 29.6 Å². The quantitative estimate of drug-likeness (QED) is 0.0943. The molecule has 9 nitrogen and oxygen atoms in total. The number of carboxylic acid groups (broad SMARTS) is 1. The molecule has 10 heteroatoms. The molecule has 5 heterocycles. The standard InChI is InChI=1S/C44H52N4O5.Mg/c1-10-28-24(6)31-19-33-26(8)30(15-16-37(49)53-18-17-23(5)14-12-13-22(3)4)41(47-33)39-40(44(51)52)43(50)38-27(9)34(48-42(38)39)21-36-29(11-2)25(7)32(46-36)20-35(28)45-31;/h10,17,19-22,26,30,40H,1,11-16,18H2,2-9H3,(H3,47,48,50,51,52);/q-2;+2/p-2/b23-17+,32-20-,33-19-,36-21-;/t26-,30-,40+;/m0./s1. The first-order valence-electron chi connectivity index (χ1n) is 18.8. The van der Waals surface area contributed by atoms with Gasteiger partial charge in [0.2, 0.25) is 0 Å². The summed E-state index contributed by atoms with van der Waals surface area (Å²) >= 11 is 0. The van der Waals surface area contributed by atoms with Crippen LogP contribution in [0.1, 0.15) is 128 Å². The molecule has 2 aliphatic heterocycles. The number of rotatable bonds is 12. The van der Waals surface area contributed by atoms with E-state index >= 15 is 0 Å². The first kappa shape index (κ1) is 40.9. The maximum Gasteiger partial charge on any atom is 2.00 e. The average molecular weight is 739 g/mol. The molecule has 0 saturated carbocycles. The molecule has 3 aromatic rings. The van der Waals surface area contributed by atoms with E-state index in [0.29, 0.717) is 51.8 Å².